The number of aromatic nitrogens is 4. The van der Waals surface area contributed by atoms with Gasteiger partial charge in [-0.15, -0.1) is 0 Å². The van der Waals surface area contributed by atoms with Gasteiger partial charge in [0, 0.05) is 0 Å². The topological polar surface area (TPSA) is 140 Å². The van der Waals surface area contributed by atoms with E-state index in [0.29, 0.717) is 24.0 Å². The molecule has 0 aromatic carbocycles. The van der Waals surface area contributed by atoms with E-state index in [1.165, 1.54) is 17.2 Å². The number of aliphatic hydroxyl groups is 3. The quantitative estimate of drug-likeness (QED) is 0.501. The fourth-order valence-corrected chi connectivity index (χ4v) is 3.13. The lowest BCUT2D eigenvalue weighted by molar-refractivity contribution is -0.213. The van der Waals surface area contributed by atoms with Gasteiger partial charge < -0.3 is 25.8 Å². The second-order valence-electron chi connectivity index (χ2n) is 5.54. The highest BCUT2D eigenvalue weighted by molar-refractivity contribution is 5.81. The summed E-state index contributed by atoms with van der Waals surface area (Å²) in [6.07, 6.45) is -0.266. The van der Waals surface area contributed by atoms with E-state index in [1.807, 2.05) is 0 Å². The van der Waals surface area contributed by atoms with Gasteiger partial charge in [0.1, 0.15) is 29.7 Å². The second-order valence-corrected chi connectivity index (χ2v) is 5.54. The van der Waals surface area contributed by atoms with Crippen LogP contribution in [0.2, 0.25) is 0 Å². The summed E-state index contributed by atoms with van der Waals surface area (Å²) in [6.45, 7) is 0. The summed E-state index contributed by atoms with van der Waals surface area (Å²) >= 11 is 0. The van der Waals surface area contributed by atoms with Crippen molar-refractivity contribution in [2.24, 2.45) is 0 Å². The van der Waals surface area contributed by atoms with Crippen LogP contribution in [-0.4, -0.2) is 58.8 Å². The number of nitrogens with two attached hydrogens (primary N) is 1. The zero-order valence-corrected chi connectivity index (χ0v) is 11.0. The maximum Gasteiger partial charge on any atom is 0.167 e. The van der Waals surface area contributed by atoms with Crippen molar-refractivity contribution >= 4 is 17.0 Å². The molecule has 3 heterocycles. The molecule has 0 radical (unpaired) electrons. The van der Waals surface area contributed by atoms with E-state index in [1.54, 1.807) is 0 Å². The zero-order chi connectivity index (χ0) is 14.8. The lowest BCUT2D eigenvalue weighted by Crippen LogP contribution is -2.59. The standard InChI is InChI=1S/C12H15N5O4/c13-9-6-10(15-3-14-9)17(4-16-6)11-7(19)8(20)12(21-11)2-1-5(12)18/h3-5,7-8,11,18-20H,1-2H2,(H2,13,14,15)/t5-,7+,8?,11-,12+/m1/s1. The maximum absolute atomic E-state index is 10.3. The first-order valence-electron chi connectivity index (χ1n) is 6.69. The molecule has 0 amide bonds. The molecule has 5 atom stereocenters. The van der Waals surface area contributed by atoms with Crippen molar-refractivity contribution < 1.29 is 20.1 Å². The average Bonchev–Trinajstić information content (AvgIpc) is 3.01. The molecule has 0 bridgehead atoms. The van der Waals surface area contributed by atoms with E-state index in [4.69, 9.17) is 10.5 Å². The van der Waals surface area contributed by atoms with Crippen LogP contribution in [0.15, 0.2) is 12.7 Å². The molecule has 5 N–H and O–H groups in total. The molecule has 21 heavy (non-hydrogen) atoms. The van der Waals surface area contributed by atoms with Crippen LogP contribution in [0.1, 0.15) is 19.1 Å². The van der Waals surface area contributed by atoms with E-state index in [9.17, 15) is 15.3 Å². The molecule has 2 aromatic heterocycles. The smallest absolute Gasteiger partial charge is 0.167 e. The van der Waals surface area contributed by atoms with Crippen LogP contribution in [0.5, 0.6) is 0 Å². The van der Waals surface area contributed by atoms with E-state index < -0.39 is 30.1 Å². The fourth-order valence-electron chi connectivity index (χ4n) is 3.13. The molecule has 112 valence electrons. The normalized spacial score (nSPS) is 39.0. The number of nitrogens with zero attached hydrogens (tertiary/aromatic N) is 4. The number of hydrogen-bond donors (Lipinski definition) is 4. The first-order chi connectivity index (χ1) is 10.0. The Morgan fingerprint density at radius 2 is 2.10 bits per heavy atom. The molecule has 1 saturated heterocycles. The molecule has 2 aromatic rings. The molecule has 9 heteroatoms. The Bertz CT molecular complexity index is 706. The number of rotatable bonds is 1. The van der Waals surface area contributed by atoms with E-state index >= 15 is 0 Å². The van der Waals surface area contributed by atoms with Crippen molar-refractivity contribution in [3.63, 3.8) is 0 Å². The summed E-state index contributed by atoms with van der Waals surface area (Å²) in [5.41, 5.74) is 5.42. The molecule has 4 rings (SSSR count). The van der Waals surface area contributed by atoms with Crippen molar-refractivity contribution in [2.75, 3.05) is 5.73 Å². The number of aliphatic hydroxyl groups excluding tert-OH is 3. The van der Waals surface area contributed by atoms with Crippen LogP contribution >= 0.6 is 0 Å². The van der Waals surface area contributed by atoms with Gasteiger partial charge in [0.2, 0.25) is 0 Å². The lowest BCUT2D eigenvalue weighted by Gasteiger charge is -2.44. The Labute approximate surface area is 119 Å². The van der Waals surface area contributed by atoms with Gasteiger partial charge in [0.25, 0.3) is 0 Å². The predicted octanol–water partition coefficient (Wildman–Crippen LogP) is -1.45. The van der Waals surface area contributed by atoms with Gasteiger partial charge in [0.15, 0.2) is 17.7 Å². The van der Waals surface area contributed by atoms with Crippen LogP contribution in [0.4, 0.5) is 5.82 Å². The van der Waals surface area contributed by atoms with Gasteiger partial charge in [-0.25, -0.2) is 15.0 Å². The monoisotopic (exact) mass is 293 g/mol. The second kappa shape index (κ2) is 4.10. The Morgan fingerprint density at radius 3 is 2.71 bits per heavy atom. The third-order valence-electron chi connectivity index (χ3n) is 4.49. The summed E-state index contributed by atoms with van der Waals surface area (Å²) in [4.78, 5) is 12.0. The van der Waals surface area contributed by atoms with Crippen molar-refractivity contribution in [3.8, 4) is 0 Å². The highest BCUT2D eigenvalue weighted by Gasteiger charge is 2.63. The highest BCUT2D eigenvalue weighted by atomic mass is 16.6. The molecule has 2 fully saturated rings. The van der Waals surface area contributed by atoms with Crippen molar-refractivity contribution in [1.82, 2.24) is 19.5 Å². The van der Waals surface area contributed by atoms with Crippen LogP contribution in [-0.2, 0) is 4.74 Å². The third kappa shape index (κ3) is 1.51. The first-order valence-corrected chi connectivity index (χ1v) is 6.69. The Morgan fingerprint density at radius 1 is 1.29 bits per heavy atom. The van der Waals surface area contributed by atoms with E-state index in [-0.39, 0.29) is 5.82 Å². The Balaban J connectivity index is 1.78. The molecule has 1 unspecified atom stereocenters. The molecule has 2 aliphatic rings. The highest BCUT2D eigenvalue weighted by Crippen LogP contribution is 2.49. The van der Waals surface area contributed by atoms with Gasteiger partial charge in [-0.2, -0.15) is 0 Å². The Kier molecular flexibility index (Phi) is 2.52. The Hall–Kier alpha value is -1.81. The third-order valence-corrected chi connectivity index (χ3v) is 4.49. The van der Waals surface area contributed by atoms with E-state index in [2.05, 4.69) is 15.0 Å². The van der Waals surface area contributed by atoms with Crippen LogP contribution < -0.4 is 5.73 Å². The van der Waals surface area contributed by atoms with Crippen molar-refractivity contribution in [3.05, 3.63) is 12.7 Å². The van der Waals surface area contributed by atoms with Crippen LogP contribution in [0.3, 0.4) is 0 Å². The molecule has 9 nitrogen and oxygen atoms in total. The van der Waals surface area contributed by atoms with Gasteiger partial charge in [-0.05, 0) is 12.8 Å². The van der Waals surface area contributed by atoms with Crippen molar-refractivity contribution in [1.29, 1.82) is 0 Å². The number of hydrogen-bond acceptors (Lipinski definition) is 8. The average molecular weight is 293 g/mol. The number of imidazole rings is 1. The molecule has 1 spiro atoms. The van der Waals surface area contributed by atoms with Gasteiger partial charge in [0.05, 0.1) is 12.4 Å². The molecular formula is C12H15N5O4. The van der Waals surface area contributed by atoms with Crippen LogP contribution in [0, 0.1) is 0 Å². The minimum Gasteiger partial charge on any atom is -0.390 e. The lowest BCUT2D eigenvalue weighted by atomic mass is 9.73. The number of nitrogen functional groups attached to an aromatic ring is 1. The largest absolute Gasteiger partial charge is 0.390 e. The molecular weight excluding hydrogens is 278 g/mol. The first kappa shape index (κ1) is 12.9. The minimum atomic E-state index is -1.19. The summed E-state index contributed by atoms with van der Waals surface area (Å²) < 4.78 is 7.29. The molecule has 1 saturated carbocycles. The summed E-state index contributed by atoms with van der Waals surface area (Å²) in [6, 6.07) is 0. The number of ether oxygens (including phenoxy) is 1. The maximum atomic E-state index is 10.3. The minimum absolute atomic E-state index is 0.227. The predicted molar refractivity (Wildman–Crippen MR) is 69.8 cm³/mol. The summed E-state index contributed by atoms with van der Waals surface area (Å²) in [5, 5.41) is 30.4. The zero-order valence-electron chi connectivity index (χ0n) is 11.0. The van der Waals surface area contributed by atoms with Gasteiger partial charge in [-0.3, -0.25) is 4.57 Å². The SMILES string of the molecule is Nc1ncnc2c1ncn2[C@@H]1O[C@]2(CC[C@H]2O)C(O)[C@@H]1O. The van der Waals surface area contributed by atoms with Crippen molar-refractivity contribution in [2.45, 2.75) is 43.0 Å². The number of anilines is 1. The summed E-state index contributed by atoms with van der Waals surface area (Å²) in [7, 11) is 0. The number of fused-ring (bicyclic) bond motifs is 1. The molecule has 1 aliphatic heterocycles. The fraction of sp³-hybridized carbons (Fsp3) is 0.583. The summed E-state index contributed by atoms with van der Waals surface area (Å²) in [5.74, 6) is 0.227. The van der Waals surface area contributed by atoms with Gasteiger partial charge in [-0.1, -0.05) is 0 Å². The molecule has 1 aliphatic carbocycles. The van der Waals surface area contributed by atoms with E-state index in [0.717, 1.165) is 0 Å². The van der Waals surface area contributed by atoms with Crippen LogP contribution in [0.25, 0.3) is 11.2 Å². The van der Waals surface area contributed by atoms with Gasteiger partial charge >= 0.3 is 0 Å².